The van der Waals surface area contributed by atoms with Crippen molar-refractivity contribution >= 4 is 76.2 Å². The molecule has 4 heterocycles. The molecule has 0 saturated heterocycles. The number of furan rings is 2. The molecule has 0 aliphatic heterocycles. The average molecular weight is 641 g/mol. The smallest absolute Gasteiger partial charge is 0.164 e. The molecule has 0 amide bonds. The molecule has 0 saturated carbocycles. The van der Waals surface area contributed by atoms with Crippen molar-refractivity contribution < 1.29 is 8.83 Å². The second-order valence-electron chi connectivity index (χ2n) is 12.6. The largest absolute Gasteiger partial charge is 0.456 e. The van der Waals surface area contributed by atoms with Gasteiger partial charge in [-0.15, -0.1) is 0 Å². The van der Waals surface area contributed by atoms with E-state index >= 15 is 0 Å². The number of benzene rings is 7. The third kappa shape index (κ3) is 3.96. The summed E-state index contributed by atoms with van der Waals surface area (Å²) in [5.41, 5.74) is 5.89. The molecule has 0 N–H and O–H groups in total. The van der Waals surface area contributed by atoms with Crippen molar-refractivity contribution in [1.29, 1.82) is 0 Å². The zero-order valence-corrected chi connectivity index (χ0v) is 26.5. The van der Waals surface area contributed by atoms with Crippen LogP contribution in [0.2, 0.25) is 0 Å². The lowest BCUT2D eigenvalue weighted by molar-refractivity contribution is 0.668. The lowest BCUT2D eigenvalue weighted by atomic mass is 9.97. The van der Waals surface area contributed by atoms with E-state index < -0.39 is 0 Å². The second-order valence-corrected chi connectivity index (χ2v) is 12.6. The monoisotopic (exact) mass is 640 g/mol. The van der Waals surface area contributed by atoms with E-state index in [0.717, 1.165) is 76.7 Å². The SMILES string of the molecule is c1ccc2c(c1)oc1cccc(-c3nc(-c4ccc5c(ccc6c7cnccc7ccc56)c4)nc(-c4cccc5oc6ccccc6c45)n3)c12. The van der Waals surface area contributed by atoms with Gasteiger partial charge in [-0.1, -0.05) is 97.1 Å². The van der Waals surface area contributed by atoms with Gasteiger partial charge in [0.15, 0.2) is 17.5 Å². The van der Waals surface area contributed by atoms with Crippen LogP contribution in [0.1, 0.15) is 0 Å². The maximum absolute atomic E-state index is 6.26. The summed E-state index contributed by atoms with van der Waals surface area (Å²) in [6.45, 7) is 0. The molecule has 0 bridgehead atoms. The molecule has 0 spiro atoms. The lowest BCUT2D eigenvalue weighted by Crippen LogP contribution is -2.00. The first-order valence-electron chi connectivity index (χ1n) is 16.5. The Balaban J connectivity index is 1.18. The van der Waals surface area contributed by atoms with Gasteiger partial charge in [0, 0.05) is 56.0 Å². The molecule has 0 aliphatic carbocycles. The molecule has 6 nitrogen and oxygen atoms in total. The molecule has 0 unspecified atom stereocenters. The Bertz CT molecular complexity index is 3040. The third-order valence-electron chi connectivity index (χ3n) is 9.82. The summed E-state index contributed by atoms with van der Waals surface area (Å²) in [6.07, 6.45) is 3.78. The highest BCUT2D eigenvalue weighted by atomic mass is 16.3. The van der Waals surface area contributed by atoms with Crippen molar-refractivity contribution in [2.75, 3.05) is 0 Å². The number of para-hydroxylation sites is 2. The fourth-order valence-electron chi connectivity index (χ4n) is 7.52. The first-order valence-corrected chi connectivity index (χ1v) is 16.5. The topological polar surface area (TPSA) is 77.8 Å². The van der Waals surface area contributed by atoms with Crippen LogP contribution < -0.4 is 0 Å². The highest BCUT2D eigenvalue weighted by molar-refractivity contribution is 6.18. The van der Waals surface area contributed by atoms with Crippen LogP contribution in [0.15, 0.2) is 155 Å². The third-order valence-corrected chi connectivity index (χ3v) is 9.82. The van der Waals surface area contributed by atoms with E-state index in [2.05, 4.69) is 77.8 Å². The fourth-order valence-corrected chi connectivity index (χ4v) is 7.52. The molecule has 0 aliphatic rings. The number of pyridine rings is 1. The van der Waals surface area contributed by atoms with Crippen LogP contribution in [0.5, 0.6) is 0 Å². The molecular formula is C44H24N4O2. The van der Waals surface area contributed by atoms with Crippen molar-refractivity contribution in [1.82, 2.24) is 19.9 Å². The summed E-state index contributed by atoms with van der Waals surface area (Å²) < 4.78 is 12.5. The van der Waals surface area contributed by atoms with Gasteiger partial charge >= 0.3 is 0 Å². The number of nitrogens with zero attached hydrogens (tertiary/aromatic N) is 4. The molecule has 0 atom stereocenters. The minimum atomic E-state index is 0.574. The maximum Gasteiger partial charge on any atom is 0.164 e. The van der Waals surface area contributed by atoms with E-state index in [-0.39, 0.29) is 0 Å². The first kappa shape index (κ1) is 27.1. The van der Waals surface area contributed by atoms with Crippen molar-refractivity contribution in [3.63, 3.8) is 0 Å². The van der Waals surface area contributed by atoms with Crippen LogP contribution in [-0.4, -0.2) is 19.9 Å². The summed E-state index contributed by atoms with van der Waals surface area (Å²) in [7, 11) is 0. The molecule has 11 aromatic rings. The predicted octanol–water partition coefficient (Wildman–Crippen LogP) is 11.5. The van der Waals surface area contributed by atoms with E-state index in [4.69, 9.17) is 23.8 Å². The molecule has 0 fully saturated rings. The molecule has 6 heteroatoms. The van der Waals surface area contributed by atoms with Gasteiger partial charge in [-0.2, -0.15) is 0 Å². The molecule has 0 radical (unpaired) electrons. The molecular weight excluding hydrogens is 617 g/mol. The summed E-state index contributed by atoms with van der Waals surface area (Å²) in [5, 5.41) is 10.9. The van der Waals surface area contributed by atoms with Crippen molar-refractivity contribution in [2.24, 2.45) is 0 Å². The number of hydrogen-bond donors (Lipinski definition) is 0. The fraction of sp³-hybridized carbons (Fsp3) is 0. The van der Waals surface area contributed by atoms with Gasteiger partial charge in [0.25, 0.3) is 0 Å². The Hall–Kier alpha value is -6.92. The Morgan fingerprint density at radius 3 is 1.62 bits per heavy atom. The van der Waals surface area contributed by atoms with Crippen molar-refractivity contribution in [3.05, 3.63) is 146 Å². The van der Waals surface area contributed by atoms with Gasteiger partial charge in [-0.25, -0.2) is 15.0 Å². The molecule has 50 heavy (non-hydrogen) atoms. The predicted molar refractivity (Wildman–Crippen MR) is 201 cm³/mol. The van der Waals surface area contributed by atoms with E-state index in [0.29, 0.717) is 17.5 Å². The van der Waals surface area contributed by atoms with Gasteiger partial charge < -0.3 is 8.83 Å². The van der Waals surface area contributed by atoms with E-state index in [9.17, 15) is 0 Å². The molecule has 232 valence electrons. The Morgan fingerprint density at radius 2 is 0.940 bits per heavy atom. The minimum absolute atomic E-state index is 0.574. The summed E-state index contributed by atoms with van der Waals surface area (Å²) in [4.78, 5) is 19.9. The first-order chi connectivity index (χ1) is 24.8. The zero-order valence-electron chi connectivity index (χ0n) is 26.5. The normalized spacial score (nSPS) is 12.0. The number of rotatable bonds is 3. The van der Waals surface area contributed by atoms with Gasteiger partial charge in [0.05, 0.1) is 0 Å². The highest BCUT2D eigenvalue weighted by Crippen LogP contribution is 2.40. The van der Waals surface area contributed by atoms with Crippen LogP contribution in [0.25, 0.3) is 110 Å². The van der Waals surface area contributed by atoms with E-state index in [1.165, 1.54) is 16.2 Å². The standard InChI is InChI=1S/C44H24N4O2/c1-3-11-36-31(7-1)40-33(9-5-13-38(40)49-36)43-46-42(47-44(48-43)34-10-6-14-39-41(34)32-8-2-4-12-37(32)50-39)27-17-18-28-26(23-27)16-20-30-29(28)19-15-25-21-22-45-24-35(25)30/h1-24H. The Labute approximate surface area is 284 Å². The van der Waals surface area contributed by atoms with Crippen LogP contribution in [-0.2, 0) is 0 Å². The van der Waals surface area contributed by atoms with Crippen LogP contribution in [0, 0.1) is 0 Å². The second kappa shape index (κ2) is 10.3. The summed E-state index contributed by atoms with van der Waals surface area (Å²) in [6, 6.07) is 45.5. The zero-order chi connectivity index (χ0) is 32.8. The maximum atomic E-state index is 6.26. The van der Waals surface area contributed by atoms with Gasteiger partial charge in [0.1, 0.15) is 22.3 Å². The quantitative estimate of drug-likeness (QED) is 0.179. The molecule has 11 rings (SSSR count). The minimum Gasteiger partial charge on any atom is -0.456 e. The number of fused-ring (bicyclic) bond motifs is 11. The Morgan fingerprint density at radius 1 is 0.380 bits per heavy atom. The van der Waals surface area contributed by atoms with Crippen LogP contribution in [0.4, 0.5) is 0 Å². The average Bonchev–Trinajstić information content (AvgIpc) is 3.76. The Kier molecular flexibility index (Phi) is 5.57. The summed E-state index contributed by atoms with van der Waals surface area (Å²) in [5.74, 6) is 1.73. The van der Waals surface area contributed by atoms with Gasteiger partial charge in [-0.05, 0) is 63.3 Å². The van der Waals surface area contributed by atoms with E-state index in [1.54, 1.807) is 0 Å². The van der Waals surface area contributed by atoms with E-state index in [1.807, 2.05) is 73.1 Å². The lowest BCUT2D eigenvalue weighted by Gasteiger charge is -2.11. The number of aromatic nitrogens is 4. The van der Waals surface area contributed by atoms with Crippen molar-refractivity contribution in [3.8, 4) is 34.2 Å². The molecule has 7 aromatic carbocycles. The van der Waals surface area contributed by atoms with Gasteiger partial charge in [-0.3, -0.25) is 4.98 Å². The van der Waals surface area contributed by atoms with Crippen molar-refractivity contribution in [2.45, 2.75) is 0 Å². The number of hydrogen-bond acceptors (Lipinski definition) is 6. The van der Waals surface area contributed by atoms with Crippen LogP contribution in [0.3, 0.4) is 0 Å². The van der Waals surface area contributed by atoms with Crippen LogP contribution >= 0.6 is 0 Å². The molecule has 4 aromatic heterocycles. The highest BCUT2D eigenvalue weighted by Gasteiger charge is 2.20. The van der Waals surface area contributed by atoms with Gasteiger partial charge in [0.2, 0.25) is 0 Å². The summed E-state index contributed by atoms with van der Waals surface area (Å²) >= 11 is 0.